The molecule has 3 aliphatic heterocycles. The molecule has 0 amide bonds. The SMILES string of the molecule is CCC1(C)CC2(C)CC3c4oc5ccc(O)cc5c4CCN(C2)C31C. The Kier molecular flexibility index (Phi) is 2.91. The molecule has 4 heterocycles. The summed E-state index contributed by atoms with van der Waals surface area (Å²) in [6, 6.07) is 5.56. The molecule has 1 aliphatic carbocycles. The van der Waals surface area contributed by atoms with E-state index in [1.165, 1.54) is 37.1 Å². The molecular weight excluding hydrogens is 310 g/mol. The molecule has 134 valence electrons. The van der Waals surface area contributed by atoms with Crippen molar-refractivity contribution in [3.05, 3.63) is 29.5 Å². The molecule has 1 N–H and O–H groups in total. The van der Waals surface area contributed by atoms with E-state index in [9.17, 15) is 5.11 Å². The van der Waals surface area contributed by atoms with Crippen molar-refractivity contribution in [3.8, 4) is 5.75 Å². The van der Waals surface area contributed by atoms with Crippen LogP contribution in [0.1, 0.15) is 64.2 Å². The molecule has 4 bridgehead atoms. The van der Waals surface area contributed by atoms with Crippen molar-refractivity contribution in [1.82, 2.24) is 4.90 Å². The zero-order chi connectivity index (χ0) is 17.6. The summed E-state index contributed by atoms with van der Waals surface area (Å²) in [6.45, 7) is 12.2. The van der Waals surface area contributed by atoms with E-state index in [4.69, 9.17) is 4.42 Å². The van der Waals surface area contributed by atoms with Gasteiger partial charge in [-0.2, -0.15) is 0 Å². The van der Waals surface area contributed by atoms with Crippen LogP contribution >= 0.6 is 0 Å². The van der Waals surface area contributed by atoms with E-state index in [-0.39, 0.29) is 5.54 Å². The van der Waals surface area contributed by atoms with Gasteiger partial charge in [0.2, 0.25) is 0 Å². The minimum Gasteiger partial charge on any atom is -0.508 e. The quantitative estimate of drug-likeness (QED) is 0.788. The fourth-order valence-electron chi connectivity index (χ4n) is 6.74. The Hall–Kier alpha value is -1.48. The van der Waals surface area contributed by atoms with Crippen molar-refractivity contribution in [3.63, 3.8) is 0 Å². The minimum absolute atomic E-state index is 0.153. The van der Waals surface area contributed by atoms with Gasteiger partial charge >= 0.3 is 0 Å². The first-order valence-corrected chi connectivity index (χ1v) is 9.79. The minimum atomic E-state index is 0.153. The third-order valence-electron chi connectivity index (χ3n) is 8.18. The maximum absolute atomic E-state index is 9.97. The molecule has 6 rings (SSSR count). The van der Waals surface area contributed by atoms with Crippen LogP contribution in [0.2, 0.25) is 0 Å². The molecular formula is C22H29NO2. The number of hydrogen-bond acceptors (Lipinski definition) is 3. The molecule has 3 fully saturated rings. The highest BCUT2D eigenvalue weighted by atomic mass is 16.3. The molecule has 0 radical (unpaired) electrons. The van der Waals surface area contributed by atoms with Gasteiger partial charge in [-0.25, -0.2) is 0 Å². The van der Waals surface area contributed by atoms with Crippen LogP contribution in [0, 0.1) is 10.8 Å². The molecule has 1 aromatic heterocycles. The van der Waals surface area contributed by atoms with Crippen LogP contribution in [0.15, 0.2) is 22.6 Å². The lowest BCUT2D eigenvalue weighted by Crippen LogP contribution is -2.71. The van der Waals surface area contributed by atoms with Crippen LogP contribution in [0.3, 0.4) is 0 Å². The topological polar surface area (TPSA) is 36.6 Å². The number of phenolic OH excluding ortho intramolecular Hbond substituents is 1. The van der Waals surface area contributed by atoms with Crippen LogP contribution in [-0.2, 0) is 6.42 Å². The van der Waals surface area contributed by atoms with Crippen molar-refractivity contribution in [2.24, 2.45) is 10.8 Å². The standard InChI is InChI=1S/C22H29NO2/c1-5-21(3)12-20(2)11-17-19-15(8-9-23(13-20)22(17,21)4)16-10-14(24)6-7-18(16)25-19/h6-7,10,17,24H,5,8-9,11-13H2,1-4H3. The van der Waals surface area contributed by atoms with E-state index in [1.807, 2.05) is 12.1 Å². The Bertz CT molecular complexity index is 870. The number of fused-ring (bicyclic) bond motifs is 4. The maximum Gasteiger partial charge on any atom is 0.134 e. The summed E-state index contributed by atoms with van der Waals surface area (Å²) in [7, 11) is 0. The molecule has 0 spiro atoms. The number of aromatic hydroxyl groups is 1. The number of phenols is 1. The van der Waals surface area contributed by atoms with E-state index in [0.29, 0.717) is 22.5 Å². The predicted octanol–water partition coefficient (Wildman–Crippen LogP) is 5.07. The first-order chi connectivity index (χ1) is 11.8. The maximum atomic E-state index is 9.97. The zero-order valence-electron chi connectivity index (χ0n) is 15.9. The van der Waals surface area contributed by atoms with Gasteiger partial charge in [-0.1, -0.05) is 20.8 Å². The normalized spacial score (nSPS) is 42.4. The molecule has 1 saturated carbocycles. The fraction of sp³-hybridized carbons (Fsp3) is 0.636. The molecule has 1 aromatic carbocycles. The number of nitrogens with zero attached hydrogens (tertiary/aromatic N) is 1. The average molecular weight is 339 g/mol. The van der Waals surface area contributed by atoms with Crippen molar-refractivity contribution >= 4 is 11.0 Å². The summed E-state index contributed by atoms with van der Waals surface area (Å²) in [4.78, 5) is 2.78. The Morgan fingerprint density at radius 3 is 2.84 bits per heavy atom. The lowest BCUT2D eigenvalue weighted by atomic mass is 9.46. The van der Waals surface area contributed by atoms with E-state index in [0.717, 1.165) is 23.9 Å². The van der Waals surface area contributed by atoms with Crippen LogP contribution in [0.25, 0.3) is 11.0 Å². The van der Waals surface area contributed by atoms with Crippen LogP contribution in [-0.4, -0.2) is 28.6 Å². The summed E-state index contributed by atoms with van der Waals surface area (Å²) < 4.78 is 6.47. The Labute approximate surface area is 150 Å². The molecule has 3 nitrogen and oxygen atoms in total. The van der Waals surface area contributed by atoms with Gasteiger partial charge in [-0.3, -0.25) is 4.90 Å². The molecule has 5 atom stereocenters. The summed E-state index contributed by atoms with van der Waals surface area (Å²) in [6.07, 6.45) is 4.76. The van der Waals surface area contributed by atoms with Gasteiger partial charge in [-0.15, -0.1) is 0 Å². The van der Waals surface area contributed by atoms with Crippen molar-refractivity contribution in [2.75, 3.05) is 13.1 Å². The monoisotopic (exact) mass is 339 g/mol. The third-order valence-corrected chi connectivity index (χ3v) is 8.18. The molecule has 4 aliphatic rings. The van der Waals surface area contributed by atoms with Crippen molar-refractivity contribution in [1.29, 1.82) is 0 Å². The summed E-state index contributed by atoms with van der Waals surface area (Å²) in [5, 5.41) is 11.1. The van der Waals surface area contributed by atoms with Gasteiger partial charge in [0, 0.05) is 35.5 Å². The van der Waals surface area contributed by atoms with Crippen LogP contribution < -0.4 is 0 Å². The van der Waals surface area contributed by atoms with Crippen molar-refractivity contribution < 1.29 is 9.52 Å². The Morgan fingerprint density at radius 2 is 2.08 bits per heavy atom. The molecule has 2 aromatic rings. The van der Waals surface area contributed by atoms with Gasteiger partial charge in [0.25, 0.3) is 0 Å². The average Bonchev–Trinajstić information content (AvgIpc) is 2.88. The molecule has 5 unspecified atom stereocenters. The Balaban J connectivity index is 1.77. The zero-order valence-corrected chi connectivity index (χ0v) is 15.9. The van der Waals surface area contributed by atoms with Crippen LogP contribution in [0.4, 0.5) is 0 Å². The van der Waals surface area contributed by atoms with E-state index >= 15 is 0 Å². The number of benzene rings is 1. The van der Waals surface area contributed by atoms with Crippen LogP contribution in [0.5, 0.6) is 5.75 Å². The first-order valence-electron chi connectivity index (χ1n) is 9.79. The highest BCUT2D eigenvalue weighted by Gasteiger charge is 2.65. The summed E-state index contributed by atoms with van der Waals surface area (Å²) >= 11 is 0. The van der Waals surface area contributed by atoms with E-state index in [1.54, 1.807) is 6.07 Å². The number of furan rings is 1. The molecule has 2 saturated heterocycles. The van der Waals surface area contributed by atoms with Gasteiger partial charge < -0.3 is 9.52 Å². The summed E-state index contributed by atoms with van der Waals surface area (Å²) in [5.41, 5.74) is 3.11. The first kappa shape index (κ1) is 15.7. The van der Waals surface area contributed by atoms with Crippen molar-refractivity contribution in [2.45, 2.75) is 64.8 Å². The second-order valence-corrected chi connectivity index (χ2v) is 9.60. The van der Waals surface area contributed by atoms with Gasteiger partial charge in [0.05, 0.1) is 0 Å². The largest absolute Gasteiger partial charge is 0.508 e. The third kappa shape index (κ3) is 1.80. The van der Waals surface area contributed by atoms with E-state index in [2.05, 4.69) is 32.6 Å². The van der Waals surface area contributed by atoms with Gasteiger partial charge in [-0.05, 0) is 61.6 Å². The second kappa shape index (κ2) is 4.62. The lowest BCUT2D eigenvalue weighted by molar-refractivity contribution is -0.174. The molecule has 3 heteroatoms. The highest BCUT2D eigenvalue weighted by Crippen LogP contribution is 2.67. The second-order valence-electron chi connectivity index (χ2n) is 9.60. The fourth-order valence-corrected chi connectivity index (χ4v) is 6.74. The predicted molar refractivity (Wildman–Crippen MR) is 100 cm³/mol. The number of hydrogen-bond donors (Lipinski definition) is 1. The van der Waals surface area contributed by atoms with E-state index < -0.39 is 0 Å². The number of piperidine rings is 2. The summed E-state index contributed by atoms with van der Waals surface area (Å²) in [5.74, 6) is 1.98. The smallest absolute Gasteiger partial charge is 0.134 e. The lowest BCUT2D eigenvalue weighted by Gasteiger charge is -2.69. The highest BCUT2D eigenvalue weighted by molar-refractivity contribution is 5.84. The van der Waals surface area contributed by atoms with Gasteiger partial charge in [0.15, 0.2) is 0 Å². The Morgan fingerprint density at radius 1 is 1.28 bits per heavy atom. The van der Waals surface area contributed by atoms with Gasteiger partial charge in [0.1, 0.15) is 17.1 Å². The number of rotatable bonds is 1. The molecule has 25 heavy (non-hydrogen) atoms.